The molecular weight excluding hydrogens is 328 g/mol. The molecule has 2 aromatic carbocycles. The summed E-state index contributed by atoms with van der Waals surface area (Å²) >= 11 is 0. The number of benzene rings is 2. The monoisotopic (exact) mass is 356 g/mol. The maximum atomic E-state index is 12.2. The van der Waals surface area contributed by atoms with E-state index in [2.05, 4.69) is 0 Å². The highest BCUT2D eigenvalue weighted by molar-refractivity contribution is 5.89. The molecule has 0 amide bonds. The summed E-state index contributed by atoms with van der Waals surface area (Å²) < 4.78 is 5.43. The number of aromatic hydroxyl groups is 2. The molecule has 0 aromatic heterocycles. The fraction of sp³-hybridized carbons (Fsp3) is 0.409. The molecular formula is C22H28O4. The number of hydrogen-bond acceptors (Lipinski definition) is 4. The summed E-state index contributed by atoms with van der Waals surface area (Å²) in [5.41, 5.74) is 2.42. The number of esters is 1. The van der Waals surface area contributed by atoms with Gasteiger partial charge in [-0.05, 0) is 63.9 Å². The Balaban J connectivity index is 2.31. The number of rotatable bonds is 3. The second-order valence-electron chi connectivity index (χ2n) is 8.66. The third kappa shape index (κ3) is 4.57. The van der Waals surface area contributed by atoms with Crippen molar-refractivity contribution in [3.8, 4) is 11.5 Å². The normalized spacial score (nSPS) is 12.1. The van der Waals surface area contributed by atoms with Gasteiger partial charge in [-0.1, -0.05) is 41.5 Å². The second-order valence-corrected chi connectivity index (χ2v) is 8.66. The molecule has 0 bridgehead atoms. The summed E-state index contributed by atoms with van der Waals surface area (Å²) in [5.74, 6) is -0.0453. The summed E-state index contributed by atoms with van der Waals surface area (Å²) in [4.78, 5) is 12.2. The molecule has 0 aliphatic heterocycles. The highest BCUT2D eigenvalue weighted by Gasteiger charge is 2.26. The maximum absolute atomic E-state index is 12.2. The molecule has 4 nitrogen and oxygen atoms in total. The summed E-state index contributed by atoms with van der Waals surface area (Å²) in [6.45, 7) is 12.4. The minimum Gasteiger partial charge on any atom is -0.508 e. The predicted octanol–water partition coefficient (Wildman–Crippen LogP) is 5.05. The van der Waals surface area contributed by atoms with Gasteiger partial charge in [0.25, 0.3) is 0 Å². The summed E-state index contributed by atoms with van der Waals surface area (Å²) in [5, 5.41) is 20.0. The Labute approximate surface area is 155 Å². The lowest BCUT2D eigenvalue weighted by Crippen LogP contribution is -2.18. The summed E-state index contributed by atoms with van der Waals surface area (Å²) in [6, 6.07) is 9.74. The maximum Gasteiger partial charge on any atom is 0.338 e. The quantitative estimate of drug-likeness (QED) is 0.755. The lowest BCUT2D eigenvalue weighted by molar-refractivity contribution is 0.0472. The third-order valence-electron chi connectivity index (χ3n) is 4.26. The molecule has 0 fully saturated rings. The minimum atomic E-state index is -0.451. The standard InChI is InChI=1S/C22H28O4/c1-21(2,3)17-11-14(12-18(19(17)24)22(4,5)6)13-26-20(25)15-7-9-16(23)10-8-15/h7-12,23-24H,13H2,1-6H3. The molecule has 140 valence electrons. The number of phenols is 2. The largest absolute Gasteiger partial charge is 0.508 e. The minimum absolute atomic E-state index is 0.102. The molecule has 0 unspecified atom stereocenters. The van der Waals surface area contributed by atoms with Gasteiger partial charge in [-0.3, -0.25) is 0 Å². The van der Waals surface area contributed by atoms with Crippen molar-refractivity contribution in [1.29, 1.82) is 0 Å². The van der Waals surface area contributed by atoms with Gasteiger partial charge in [0.1, 0.15) is 18.1 Å². The zero-order valence-corrected chi connectivity index (χ0v) is 16.4. The van der Waals surface area contributed by atoms with Crippen LogP contribution in [0.15, 0.2) is 36.4 Å². The SMILES string of the molecule is CC(C)(C)c1cc(COC(=O)c2ccc(O)cc2)cc(C(C)(C)C)c1O. The first-order valence-corrected chi connectivity index (χ1v) is 8.72. The fourth-order valence-corrected chi connectivity index (χ4v) is 2.75. The van der Waals surface area contributed by atoms with Crippen molar-refractivity contribution in [2.45, 2.75) is 59.0 Å². The van der Waals surface area contributed by atoms with Crippen LogP contribution in [0.3, 0.4) is 0 Å². The zero-order chi connectivity index (χ0) is 19.7. The lowest BCUT2D eigenvalue weighted by Gasteiger charge is -2.28. The van der Waals surface area contributed by atoms with E-state index >= 15 is 0 Å². The molecule has 0 saturated heterocycles. The van der Waals surface area contributed by atoms with Gasteiger partial charge < -0.3 is 14.9 Å². The van der Waals surface area contributed by atoms with E-state index in [1.165, 1.54) is 24.3 Å². The van der Waals surface area contributed by atoms with Crippen molar-refractivity contribution in [3.05, 3.63) is 58.7 Å². The van der Waals surface area contributed by atoms with Crippen LogP contribution < -0.4 is 0 Å². The van der Waals surface area contributed by atoms with E-state index in [1.54, 1.807) is 0 Å². The summed E-state index contributed by atoms with van der Waals surface area (Å²) in [6.07, 6.45) is 0. The van der Waals surface area contributed by atoms with E-state index < -0.39 is 5.97 Å². The molecule has 2 N–H and O–H groups in total. The molecule has 0 radical (unpaired) electrons. The molecule has 0 atom stereocenters. The zero-order valence-electron chi connectivity index (χ0n) is 16.4. The molecule has 0 saturated carbocycles. The molecule has 0 aliphatic carbocycles. The van der Waals surface area contributed by atoms with Crippen LogP contribution in [0.2, 0.25) is 0 Å². The number of carbonyl (C=O) groups excluding carboxylic acids is 1. The Bertz CT molecular complexity index is 755. The van der Waals surface area contributed by atoms with Crippen LogP contribution in [-0.2, 0) is 22.2 Å². The third-order valence-corrected chi connectivity index (χ3v) is 4.26. The van der Waals surface area contributed by atoms with Gasteiger partial charge in [0.15, 0.2) is 0 Å². The van der Waals surface area contributed by atoms with E-state index in [-0.39, 0.29) is 23.2 Å². The van der Waals surface area contributed by atoms with Gasteiger partial charge in [0.05, 0.1) is 5.56 Å². The fourth-order valence-electron chi connectivity index (χ4n) is 2.75. The lowest BCUT2D eigenvalue weighted by atomic mass is 9.78. The van der Waals surface area contributed by atoms with Crippen LogP contribution in [0.5, 0.6) is 11.5 Å². The highest BCUT2D eigenvalue weighted by Crippen LogP contribution is 2.39. The Morgan fingerprint density at radius 3 is 1.77 bits per heavy atom. The van der Waals surface area contributed by atoms with Crippen molar-refractivity contribution >= 4 is 5.97 Å². The van der Waals surface area contributed by atoms with Gasteiger partial charge in [-0.15, -0.1) is 0 Å². The first kappa shape index (κ1) is 19.8. The van der Waals surface area contributed by atoms with Crippen LogP contribution in [0.25, 0.3) is 0 Å². The Hall–Kier alpha value is -2.49. The molecule has 4 heteroatoms. The molecule has 0 heterocycles. The Morgan fingerprint density at radius 2 is 1.35 bits per heavy atom. The van der Waals surface area contributed by atoms with Crippen molar-refractivity contribution in [1.82, 2.24) is 0 Å². The van der Waals surface area contributed by atoms with E-state index in [9.17, 15) is 15.0 Å². The van der Waals surface area contributed by atoms with E-state index in [1.807, 2.05) is 53.7 Å². The number of ether oxygens (including phenoxy) is 1. The number of phenolic OH excluding ortho intramolecular Hbond substituents is 2. The first-order chi connectivity index (χ1) is 11.9. The number of carbonyl (C=O) groups is 1. The van der Waals surface area contributed by atoms with E-state index in [4.69, 9.17) is 4.74 Å². The van der Waals surface area contributed by atoms with Crippen molar-refractivity contribution in [2.24, 2.45) is 0 Å². The van der Waals surface area contributed by atoms with Gasteiger partial charge in [0.2, 0.25) is 0 Å². The van der Waals surface area contributed by atoms with Crippen LogP contribution in [0.4, 0.5) is 0 Å². The average molecular weight is 356 g/mol. The summed E-state index contributed by atoms with van der Waals surface area (Å²) in [7, 11) is 0. The van der Waals surface area contributed by atoms with Crippen LogP contribution in [0.1, 0.15) is 68.6 Å². The highest BCUT2D eigenvalue weighted by atomic mass is 16.5. The Morgan fingerprint density at radius 1 is 0.885 bits per heavy atom. The average Bonchev–Trinajstić information content (AvgIpc) is 2.52. The van der Waals surface area contributed by atoms with E-state index in [0.717, 1.165) is 16.7 Å². The predicted molar refractivity (Wildman–Crippen MR) is 103 cm³/mol. The Kier molecular flexibility index (Phi) is 5.36. The van der Waals surface area contributed by atoms with Gasteiger partial charge in [-0.2, -0.15) is 0 Å². The first-order valence-electron chi connectivity index (χ1n) is 8.72. The smallest absolute Gasteiger partial charge is 0.338 e. The molecule has 0 spiro atoms. The van der Waals surface area contributed by atoms with Crippen LogP contribution >= 0.6 is 0 Å². The van der Waals surface area contributed by atoms with Gasteiger partial charge in [0, 0.05) is 0 Å². The van der Waals surface area contributed by atoms with E-state index in [0.29, 0.717) is 11.3 Å². The van der Waals surface area contributed by atoms with Crippen molar-refractivity contribution in [2.75, 3.05) is 0 Å². The van der Waals surface area contributed by atoms with Gasteiger partial charge in [-0.25, -0.2) is 4.79 Å². The van der Waals surface area contributed by atoms with Crippen LogP contribution in [-0.4, -0.2) is 16.2 Å². The van der Waals surface area contributed by atoms with Gasteiger partial charge >= 0.3 is 5.97 Å². The number of hydrogen-bond donors (Lipinski definition) is 2. The topological polar surface area (TPSA) is 66.8 Å². The second kappa shape index (κ2) is 7.02. The molecule has 2 aromatic rings. The van der Waals surface area contributed by atoms with Crippen molar-refractivity contribution < 1.29 is 19.7 Å². The van der Waals surface area contributed by atoms with Crippen LogP contribution in [0, 0.1) is 0 Å². The molecule has 26 heavy (non-hydrogen) atoms. The van der Waals surface area contributed by atoms with Crippen molar-refractivity contribution in [3.63, 3.8) is 0 Å². The molecule has 0 aliphatic rings. The molecule has 2 rings (SSSR count).